The number of nitrogens with zero attached hydrogens (tertiary/aromatic N) is 1. The van der Waals surface area contributed by atoms with Gasteiger partial charge in [-0.1, -0.05) is 23.7 Å². The fraction of sp³-hybridized carbons (Fsp3) is 0.200. The third-order valence-electron chi connectivity index (χ3n) is 4.78. The number of amides is 1. The molecule has 2 N–H and O–H groups in total. The molecule has 3 rings (SSSR count). The molecule has 0 unspecified atom stereocenters. The number of methoxy groups -OCH3 is 2. The number of phenols is 1. The minimum Gasteiger partial charge on any atom is -0.506 e. The Kier molecular flexibility index (Phi) is 9.07. The predicted molar refractivity (Wildman–Crippen MR) is 130 cm³/mol. The van der Waals surface area contributed by atoms with Gasteiger partial charge in [0.15, 0.2) is 18.1 Å². The van der Waals surface area contributed by atoms with E-state index in [4.69, 9.17) is 30.5 Å². The molecule has 0 spiro atoms. The van der Waals surface area contributed by atoms with E-state index in [0.717, 1.165) is 0 Å². The Morgan fingerprint density at radius 3 is 2.24 bits per heavy atom. The fourth-order valence-corrected chi connectivity index (χ4v) is 3.18. The first kappa shape index (κ1) is 27.5. The minimum absolute atomic E-state index is 0.0346. The Morgan fingerprint density at radius 1 is 1.03 bits per heavy atom. The second-order valence-electron chi connectivity index (χ2n) is 7.46. The lowest BCUT2D eigenvalue weighted by Crippen LogP contribution is -2.19. The molecule has 3 aromatic rings. The number of hydrogen-bond acceptors (Lipinski definition) is 7. The van der Waals surface area contributed by atoms with E-state index in [9.17, 15) is 23.1 Å². The smallest absolute Gasteiger partial charge is 0.422 e. The zero-order valence-electron chi connectivity index (χ0n) is 19.6. The van der Waals surface area contributed by atoms with E-state index in [-0.39, 0.29) is 28.7 Å². The van der Waals surface area contributed by atoms with Gasteiger partial charge in [0, 0.05) is 11.1 Å². The number of carbonyl (C=O) groups is 1. The van der Waals surface area contributed by atoms with E-state index in [2.05, 4.69) is 10.5 Å². The molecule has 3 aromatic carbocycles. The Morgan fingerprint density at radius 2 is 1.68 bits per heavy atom. The van der Waals surface area contributed by atoms with Crippen LogP contribution in [0.25, 0.3) is 0 Å². The summed E-state index contributed by atoms with van der Waals surface area (Å²) < 4.78 is 58.2. The number of aromatic hydroxyl groups is 1. The quantitative estimate of drug-likeness (QED) is 0.267. The van der Waals surface area contributed by atoms with Crippen LogP contribution in [0.4, 0.5) is 13.2 Å². The Hall–Kier alpha value is -4.12. The Balaban J connectivity index is 1.67. The topological polar surface area (TPSA) is 98.6 Å². The van der Waals surface area contributed by atoms with Gasteiger partial charge < -0.3 is 24.1 Å². The molecule has 0 aliphatic carbocycles. The molecule has 8 nitrogen and oxygen atoms in total. The van der Waals surface area contributed by atoms with Crippen molar-refractivity contribution >= 4 is 23.7 Å². The highest BCUT2D eigenvalue weighted by molar-refractivity contribution is 6.32. The van der Waals surface area contributed by atoms with Gasteiger partial charge in [-0.3, -0.25) is 4.79 Å². The number of halogens is 4. The van der Waals surface area contributed by atoms with Crippen LogP contribution in [0.1, 0.15) is 21.5 Å². The summed E-state index contributed by atoms with van der Waals surface area (Å²) >= 11 is 5.82. The SMILES string of the molecule is COc1cc(C=NNC(=O)c2ccc(O)c(Cl)c2)cc(OC)c1OCc1ccc(OCC(F)(F)F)cc1. The third kappa shape index (κ3) is 7.94. The lowest BCUT2D eigenvalue weighted by atomic mass is 10.2. The third-order valence-corrected chi connectivity index (χ3v) is 5.08. The molecular formula is C25H22ClF3N2O6. The molecule has 37 heavy (non-hydrogen) atoms. The van der Waals surface area contributed by atoms with Gasteiger partial charge in [0.05, 0.1) is 25.5 Å². The molecule has 0 bridgehead atoms. The van der Waals surface area contributed by atoms with Crippen molar-refractivity contribution in [2.75, 3.05) is 20.8 Å². The van der Waals surface area contributed by atoms with Crippen LogP contribution in [0.5, 0.6) is 28.7 Å². The standard InChI is InChI=1S/C25H22ClF3N2O6/c1-34-21-9-16(12-30-31-24(33)17-5-8-20(32)19(26)11-17)10-22(35-2)23(21)36-13-15-3-6-18(7-4-15)37-14-25(27,28)29/h3-12,32H,13-14H2,1-2H3,(H,31,33). The Labute approximate surface area is 215 Å². The van der Waals surface area contributed by atoms with Crippen molar-refractivity contribution in [3.63, 3.8) is 0 Å². The molecule has 196 valence electrons. The molecule has 0 radical (unpaired) electrons. The molecule has 0 heterocycles. The van der Waals surface area contributed by atoms with E-state index in [1.54, 1.807) is 24.3 Å². The second-order valence-corrected chi connectivity index (χ2v) is 7.86. The highest BCUT2D eigenvalue weighted by Crippen LogP contribution is 2.39. The van der Waals surface area contributed by atoms with E-state index < -0.39 is 18.7 Å². The van der Waals surface area contributed by atoms with E-state index in [1.165, 1.54) is 50.8 Å². The summed E-state index contributed by atoms with van der Waals surface area (Å²) in [5.41, 5.74) is 3.76. The van der Waals surface area contributed by atoms with Gasteiger partial charge in [0.1, 0.15) is 18.1 Å². The minimum atomic E-state index is -4.42. The average molecular weight is 539 g/mol. The summed E-state index contributed by atoms with van der Waals surface area (Å²) in [4.78, 5) is 12.2. The van der Waals surface area contributed by atoms with Crippen molar-refractivity contribution in [2.24, 2.45) is 5.10 Å². The number of phenolic OH excluding ortho intramolecular Hbond substituents is 1. The zero-order valence-corrected chi connectivity index (χ0v) is 20.4. The number of hydrogen-bond donors (Lipinski definition) is 2. The number of benzene rings is 3. The summed E-state index contributed by atoms with van der Waals surface area (Å²) in [6, 6.07) is 13.2. The number of carbonyl (C=O) groups excluding carboxylic acids is 1. The first-order valence-electron chi connectivity index (χ1n) is 10.6. The van der Waals surface area contributed by atoms with Gasteiger partial charge in [-0.25, -0.2) is 5.43 Å². The Bertz CT molecular complexity index is 1240. The lowest BCUT2D eigenvalue weighted by Gasteiger charge is -2.15. The molecule has 0 aromatic heterocycles. The number of ether oxygens (including phenoxy) is 4. The van der Waals surface area contributed by atoms with Gasteiger partial charge in [-0.2, -0.15) is 18.3 Å². The van der Waals surface area contributed by atoms with Crippen molar-refractivity contribution in [1.29, 1.82) is 0 Å². The van der Waals surface area contributed by atoms with Gasteiger partial charge >= 0.3 is 6.18 Å². The van der Waals surface area contributed by atoms with Gasteiger partial charge in [-0.15, -0.1) is 0 Å². The molecule has 0 saturated carbocycles. The molecule has 0 fully saturated rings. The summed E-state index contributed by atoms with van der Waals surface area (Å²) in [5.74, 6) is 0.343. The second kappa shape index (κ2) is 12.2. The number of rotatable bonds is 10. The van der Waals surface area contributed by atoms with Crippen molar-refractivity contribution in [3.8, 4) is 28.7 Å². The van der Waals surface area contributed by atoms with Crippen molar-refractivity contribution < 1.29 is 42.0 Å². The van der Waals surface area contributed by atoms with Crippen LogP contribution in [-0.2, 0) is 6.61 Å². The van der Waals surface area contributed by atoms with Crippen LogP contribution >= 0.6 is 11.6 Å². The first-order chi connectivity index (χ1) is 17.6. The van der Waals surface area contributed by atoms with Crippen LogP contribution in [-0.4, -0.2) is 44.2 Å². The summed E-state index contributed by atoms with van der Waals surface area (Å²) in [7, 11) is 2.87. The maximum absolute atomic E-state index is 12.3. The van der Waals surface area contributed by atoms with Crippen molar-refractivity contribution in [2.45, 2.75) is 12.8 Å². The van der Waals surface area contributed by atoms with Crippen LogP contribution in [0, 0.1) is 0 Å². The van der Waals surface area contributed by atoms with Crippen molar-refractivity contribution in [3.05, 3.63) is 76.3 Å². The molecule has 0 aliphatic heterocycles. The van der Waals surface area contributed by atoms with E-state index >= 15 is 0 Å². The van der Waals surface area contributed by atoms with Crippen LogP contribution in [0.3, 0.4) is 0 Å². The van der Waals surface area contributed by atoms with Crippen molar-refractivity contribution in [1.82, 2.24) is 5.43 Å². The van der Waals surface area contributed by atoms with E-state index in [1.807, 2.05) is 0 Å². The normalized spacial score (nSPS) is 11.3. The fourth-order valence-electron chi connectivity index (χ4n) is 3.00. The lowest BCUT2D eigenvalue weighted by molar-refractivity contribution is -0.153. The molecule has 0 saturated heterocycles. The molecular weight excluding hydrogens is 517 g/mol. The van der Waals surface area contributed by atoms with Gasteiger partial charge in [-0.05, 0) is 48.0 Å². The van der Waals surface area contributed by atoms with Gasteiger partial charge in [0.25, 0.3) is 5.91 Å². The van der Waals surface area contributed by atoms with Crippen LogP contribution in [0.15, 0.2) is 59.7 Å². The summed E-state index contributed by atoms with van der Waals surface area (Å²) in [6.07, 6.45) is -3.05. The molecule has 12 heteroatoms. The molecule has 1 amide bonds. The summed E-state index contributed by atoms with van der Waals surface area (Å²) in [6.45, 7) is -1.30. The van der Waals surface area contributed by atoms with Gasteiger partial charge in [0.2, 0.25) is 5.75 Å². The zero-order chi connectivity index (χ0) is 27.0. The number of nitrogens with one attached hydrogen (secondary N) is 1. The first-order valence-corrected chi connectivity index (χ1v) is 11.0. The molecule has 0 atom stereocenters. The maximum Gasteiger partial charge on any atom is 0.422 e. The number of alkyl halides is 3. The van der Waals surface area contributed by atoms with Crippen LogP contribution < -0.4 is 24.4 Å². The highest BCUT2D eigenvalue weighted by atomic mass is 35.5. The largest absolute Gasteiger partial charge is 0.506 e. The molecule has 0 aliphatic rings. The maximum atomic E-state index is 12.3. The monoisotopic (exact) mass is 538 g/mol. The van der Waals surface area contributed by atoms with E-state index in [0.29, 0.717) is 28.4 Å². The number of hydrazone groups is 1. The van der Waals surface area contributed by atoms with Crippen LogP contribution in [0.2, 0.25) is 5.02 Å². The predicted octanol–water partition coefficient (Wildman–Crippen LogP) is 5.35. The summed E-state index contributed by atoms with van der Waals surface area (Å²) in [5, 5.41) is 13.4. The average Bonchev–Trinajstić information content (AvgIpc) is 2.87. The highest BCUT2D eigenvalue weighted by Gasteiger charge is 2.28.